The zero-order valence-corrected chi connectivity index (χ0v) is 18.4. The summed E-state index contributed by atoms with van der Waals surface area (Å²) in [6, 6.07) is 8.44. The monoisotopic (exact) mass is 464 g/mol. The van der Waals surface area contributed by atoms with Crippen LogP contribution in [0.25, 0.3) is 0 Å². The van der Waals surface area contributed by atoms with Crippen LogP contribution in [0.5, 0.6) is 5.75 Å². The molecule has 2 aromatic rings. The van der Waals surface area contributed by atoms with Gasteiger partial charge in [0.1, 0.15) is 5.75 Å². The van der Waals surface area contributed by atoms with Gasteiger partial charge in [-0.05, 0) is 36.8 Å². The van der Waals surface area contributed by atoms with E-state index in [1.165, 1.54) is 19.2 Å². The molecule has 0 aliphatic carbocycles. The fourth-order valence-electron chi connectivity index (χ4n) is 2.56. The van der Waals surface area contributed by atoms with Gasteiger partial charge in [-0.1, -0.05) is 24.9 Å². The molecule has 0 spiro atoms. The Labute approximate surface area is 189 Å². The number of thiocarbonyl (C=S) groups is 1. The van der Waals surface area contributed by atoms with E-state index in [0.717, 1.165) is 18.9 Å². The lowest BCUT2D eigenvalue weighted by atomic mass is 10.2. The van der Waals surface area contributed by atoms with Gasteiger partial charge in [0.05, 0.1) is 28.3 Å². The Kier molecular flexibility index (Phi) is 8.71. The lowest BCUT2D eigenvalue weighted by Crippen LogP contribution is -2.34. The largest absolute Gasteiger partial charge is 0.494 e. The molecule has 2 rings (SSSR count). The zero-order chi connectivity index (χ0) is 23.0. The van der Waals surface area contributed by atoms with Gasteiger partial charge in [-0.3, -0.25) is 25.0 Å². The number of ether oxygens (including phenoxy) is 1. The fraction of sp³-hybridized carbons (Fsp3) is 0.250. The van der Waals surface area contributed by atoms with E-state index in [-0.39, 0.29) is 27.3 Å². The number of anilines is 2. The summed E-state index contributed by atoms with van der Waals surface area (Å²) in [5, 5.41) is 18.9. The van der Waals surface area contributed by atoms with Gasteiger partial charge in [0.2, 0.25) is 5.91 Å². The number of nitro groups is 1. The number of hydrogen-bond acceptors (Lipinski definition) is 6. The Morgan fingerprint density at radius 2 is 1.94 bits per heavy atom. The van der Waals surface area contributed by atoms with Crippen LogP contribution in [0.4, 0.5) is 17.1 Å². The van der Waals surface area contributed by atoms with Crippen molar-refractivity contribution in [3.63, 3.8) is 0 Å². The molecule has 0 radical (unpaired) electrons. The van der Waals surface area contributed by atoms with Crippen LogP contribution in [0.2, 0.25) is 5.02 Å². The summed E-state index contributed by atoms with van der Waals surface area (Å²) < 4.78 is 5.31. The van der Waals surface area contributed by atoms with Gasteiger partial charge in [-0.15, -0.1) is 0 Å². The second-order valence-electron chi connectivity index (χ2n) is 6.40. The summed E-state index contributed by atoms with van der Waals surface area (Å²) in [5.74, 6) is -0.402. The minimum absolute atomic E-state index is 0.0469. The third-order valence-corrected chi connectivity index (χ3v) is 4.66. The number of carbonyl (C=O) groups is 2. The number of rotatable bonds is 8. The standard InChI is InChI=1S/C20H21ClN4O5S/c1-3-4-5-18(26)23-16-9-6-12(10-17(16)30-2)22-20(31)24-19(27)14-11-13(25(28)29)7-8-15(14)21/h6-11H,3-5H2,1-2H3,(H,23,26)(H2,22,24,27,31). The van der Waals surface area contributed by atoms with Crippen LogP contribution in [0.15, 0.2) is 36.4 Å². The summed E-state index contributed by atoms with van der Waals surface area (Å²) in [6.45, 7) is 2.00. The molecular formula is C20H21ClN4O5S. The summed E-state index contributed by atoms with van der Waals surface area (Å²) in [4.78, 5) is 34.6. The SMILES string of the molecule is CCCCC(=O)Nc1ccc(NC(=S)NC(=O)c2cc([N+](=O)[O-])ccc2Cl)cc1OC. The van der Waals surface area contributed by atoms with Gasteiger partial charge >= 0.3 is 0 Å². The minimum Gasteiger partial charge on any atom is -0.494 e. The second kappa shape index (κ2) is 11.2. The molecule has 0 saturated carbocycles. The van der Waals surface area contributed by atoms with Crippen LogP contribution in [-0.2, 0) is 4.79 Å². The van der Waals surface area contributed by atoms with Gasteiger partial charge in [0.15, 0.2) is 5.11 Å². The molecule has 3 N–H and O–H groups in total. The van der Waals surface area contributed by atoms with Crippen molar-refractivity contribution in [2.75, 3.05) is 17.7 Å². The maximum Gasteiger partial charge on any atom is 0.270 e. The van der Waals surface area contributed by atoms with Crippen molar-refractivity contribution in [3.05, 3.63) is 57.1 Å². The van der Waals surface area contributed by atoms with Crippen LogP contribution < -0.4 is 20.7 Å². The fourth-order valence-corrected chi connectivity index (χ4v) is 2.97. The molecule has 0 aliphatic heterocycles. The van der Waals surface area contributed by atoms with Crippen LogP contribution in [0.1, 0.15) is 36.5 Å². The van der Waals surface area contributed by atoms with E-state index in [0.29, 0.717) is 23.5 Å². The van der Waals surface area contributed by atoms with Crippen molar-refractivity contribution in [1.82, 2.24) is 5.32 Å². The summed E-state index contributed by atoms with van der Waals surface area (Å²) >= 11 is 11.1. The molecule has 0 fully saturated rings. The lowest BCUT2D eigenvalue weighted by Gasteiger charge is -2.14. The smallest absolute Gasteiger partial charge is 0.270 e. The molecule has 164 valence electrons. The van der Waals surface area contributed by atoms with Crippen molar-refractivity contribution < 1.29 is 19.2 Å². The highest BCUT2D eigenvalue weighted by Crippen LogP contribution is 2.28. The maximum atomic E-state index is 12.4. The van der Waals surface area contributed by atoms with Crippen LogP contribution in [0.3, 0.4) is 0 Å². The number of unbranched alkanes of at least 4 members (excludes halogenated alkanes) is 1. The first-order chi connectivity index (χ1) is 14.7. The van der Waals surface area contributed by atoms with Crippen molar-refractivity contribution in [1.29, 1.82) is 0 Å². The predicted molar refractivity (Wildman–Crippen MR) is 123 cm³/mol. The quantitative estimate of drug-likeness (QED) is 0.298. The number of nitro benzene ring substituents is 1. The van der Waals surface area contributed by atoms with Crippen LogP contribution in [-0.4, -0.2) is 29.0 Å². The van der Waals surface area contributed by atoms with Gasteiger partial charge in [-0.25, -0.2) is 0 Å². The number of methoxy groups -OCH3 is 1. The topological polar surface area (TPSA) is 123 Å². The first-order valence-electron chi connectivity index (χ1n) is 9.29. The Morgan fingerprint density at radius 1 is 1.19 bits per heavy atom. The molecule has 9 nitrogen and oxygen atoms in total. The molecule has 0 heterocycles. The number of hydrogen-bond donors (Lipinski definition) is 3. The second-order valence-corrected chi connectivity index (χ2v) is 7.21. The van der Waals surface area contributed by atoms with E-state index in [9.17, 15) is 19.7 Å². The lowest BCUT2D eigenvalue weighted by molar-refractivity contribution is -0.384. The van der Waals surface area contributed by atoms with E-state index in [2.05, 4.69) is 16.0 Å². The van der Waals surface area contributed by atoms with E-state index in [4.69, 9.17) is 28.6 Å². The molecule has 11 heteroatoms. The molecule has 2 aromatic carbocycles. The molecule has 0 bridgehead atoms. The van der Waals surface area contributed by atoms with Crippen molar-refractivity contribution in [2.24, 2.45) is 0 Å². The van der Waals surface area contributed by atoms with E-state index >= 15 is 0 Å². The number of halogens is 1. The maximum absolute atomic E-state index is 12.4. The molecule has 0 aromatic heterocycles. The highest BCUT2D eigenvalue weighted by Gasteiger charge is 2.17. The predicted octanol–water partition coefficient (Wildman–Crippen LogP) is 4.51. The highest BCUT2D eigenvalue weighted by atomic mass is 35.5. The molecule has 0 aliphatic rings. The highest BCUT2D eigenvalue weighted by molar-refractivity contribution is 7.80. The van der Waals surface area contributed by atoms with Gasteiger partial charge in [-0.2, -0.15) is 0 Å². The number of benzene rings is 2. The van der Waals surface area contributed by atoms with Crippen LogP contribution >= 0.6 is 23.8 Å². The number of amides is 2. The van der Waals surface area contributed by atoms with Crippen LogP contribution in [0, 0.1) is 10.1 Å². The van der Waals surface area contributed by atoms with Crippen molar-refractivity contribution >= 4 is 57.8 Å². The molecule has 0 saturated heterocycles. The molecule has 2 amide bonds. The van der Waals surface area contributed by atoms with E-state index in [1.807, 2.05) is 6.92 Å². The number of nitrogens with zero attached hydrogens (tertiary/aromatic N) is 1. The third-order valence-electron chi connectivity index (χ3n) is 4.12. The summed E-state index contributed by atoms with van der Waals surface area (Å²) in [5.41, 5.74) is 0.656. The van der Waals surface area contributed by atoms with Gasteiger partial charge in [0, 0.05) is 30.3 Å². The zero-order valence-electron chi connectivity index (χ0n) is 16.9. The first-order valence-corrected chi connectivity index (χ1v) is 10.1. The average Bonchev–Trinajstić information content (AvgIpc) is 2.73. The number of non-ortho nitro benzene ring substituents is 1. The van der Waals surface area contributed by atoms with Crippen molar-refractivity contribution in [3.8, 4) is 5.75 Å². The first kappa shape index (κ1) is 24.0. The molecular weight excluding hydrogens is 444 g/mol. The normalized spacial score (nSPS) is 10.2. The Balaban J connectivity index is 2.06. The molecule has 0 atom stereocenters. The van der Waals surface area contributed by atoms with E-state index < -0.39 is 10.8 Å². The average molecular weight is 465 g/mol. The van der Waals surface area contributed by atoms with Gasteiger partial charge in [0.25, 0.3) is 11.6 Å². The van der Waals surface area contributed by atoms with E-state index in [1.54, 1.807) is 18.2 Å². The van der Waals surface area contributed by atoms with Crippen molar-refractivity contribution in [2.45, 2.75) is 26.2 Å². The summed E-state index contributed by atoms with van der Waals surface area (Å²) in [6.07, 6.45) is 2.12. The summed E-state index contributed by atoms with van der Waals surface area (Å²) in [7, 11) is 1.46. The molecule has 0 unspecified atom stereocenters. The minimum atomic E-state index is -0.696. The Bertz CT molecular complexity index is 1020. The number of nitrogens with one attached hydrogen (secondary N) is 3. The Hall–Kier alpha value is -3.24. The Morgan fingerprint density at radius 3 is 2.58 bits per heavy atom. The molecule has 31 heavy (non-hydrogen) atoms. The third kappa shape index (κ3) is 6.90. The number of carbonyl (C=O) groups excluding carboxylic acids is 2. The van der Waals surface area contributed by atoms with Gasteiger partial charge < -0.3 is 15.4 Å².